The van der Waals surface area contributed by atoms with Crippen molar-refractivity contribution in [1.29, 1.82) is 0 Å². The first-order chi connectivity index (χ1) is 24.7. The number of rotatable bonds is 8. The van der Waals surface area contributed by atoms with Gasteiger partial charge in [0.25, 0.3) is 0 Å². The normalized spacial score (nSPS) is 24.8. The molecule has 13 nitrogen and oxygen atoms in total. The van der Waals surface area contributed by atoms with E-state index in [4.69, 9.17) is 23.7 Å². The maximum atomic E-state index is 14.8. The number of carbonyl (C=O) groups is 4. The van der Waals surface area contributed by atoms with E-state index in [-0.39, 0.29) is 48.3 Å². The standard InChI is InChI=1S/C18H21FN2O4S.C18H22N2O5/c1-11(22)2-3-16-15-10-24-17-9-13(20-4-6-26-7-5-20)12(19)8-14(17)21(15)18(23)25-16;1-12(21)2-5-16-15-11-24-17-10-13(19-6-8-23-9-7-19)3-4-14(17)20(15)18(22)25-16/h8-9,15-16H,2-7,10H2,1H3;3-4,10,15-16H,2,5-9,11H2,1H3/t2*15-,16-/m00/s1. The lowest BCUT2D eigenvalue weighted by molar-refractivity contribution is -0.118. The summed E-state index contributed by atoms with van der Waals surface area (Å²) in [4.78, 5) is 54.6. The molecule has 0 radical (unpaired) electrons. The molecule has 0 saturated carbocycles. The molecular weight excluding hydrogens is 683 g/mol. The van der Waals surface area contributed by atoms with Crippen molar-refractivity contribution in [1.82, 2.24) is 0 Å². The number of hydrogen-bond donors (Lipinski definition) is 0. The first-order valence-electron chi connectivity index (χ1n) is 17.5. The third kappa shape index (κ3) is 7.41. The van der Waals surface area contributed by atoms with Crippen LogP contribution < -0.4 is 29.1 Å². The van der Waals surface area contributed by atoms with Crippen LogP contribution in [0.25, 0.3) is 0 Å². The van der Waals surface area contributed by atoms with E-state index in [2.05, 4.69) is 4.90 Å². The Hall–Kier alpha value is -4.24. The van der Waals surface area contributed by atoms with E-state index in [1.807, 2.05) is 34.9 Å². The molecule has 4 saturated heterocycles. The van der Waals surface area contributed by atoms with Gasteiger partial charge in [0.1, 0.15) is 66.4 Å². The topological polar surface area (TPSA) is 127 Å². The van der Waals surface area contributed by atoms with E-state index < -0.39 is 12.2 Å². The summed E-state index contributed by atoms with van der Waals surface area (Å²) in [7, 11) is 0. The minimum absolute atomic E-state index is 0.0482. The van der Waals surface area contributed by atoms with Gasteiger partial charge >= 0.3 is 12.2 Å². The number of nitrogens with zero attached hydrogens (tertiary/aromatic N) is 4. The maximum absolute atomic E-state index is 14.8. The second-order valence-electron chi connectivity index (χ2n) is 13.4. The van der Waals surface area contributed by atoms with E-state index in [9.17, 15) is 23.6 Å². The second kappa shape index (κ2) is 15.2. The van der Waals surface area contributed by atoms with Crippen molar-refractivity contribution in [3.63, 3.8) is 0 Å². The van der Waals surface area contributed by atoms with E-state index in [0.717, 1.165) is 62.3 Å². The van der Waals surface area contributed by atoms with Crippen LogP contribution >= 0.6 is 11.8 Å². The maximum Gasteiger partial charge on any atom is 0.415 e. The van der Waals surface area contributed by atoms with Gasteiger partial charge in [0.05, 0.1) is 30.3 Å². The molecule has 0 aromatic heterocycles. The Balaban J connectivity index is 0.000000159. The minimum atomic E-state index is -0.505. The van der Waals surface area contributed by atoms with Gasteiger partial charge in [0.15, 0.2) is 0 Å². The smallest absolute Gasteiger partial charge is 0.415 e. The average Bonchev–Trinajstić information content (AvgIpc) is 3.65. The van der Waals surface area contributed by atoms with Gasteiger partial charge in [0.2, 0.25) is 0 Å². The van der Waals surface area contributed by atoms with Crippen molar-refractivity contribution < 1.29 is 47.3 Å². The average molecular weight is 727 g/mol. The van der Waals surface area contributed by atoms with Gasteiger partial charge in [-0.25, -0.2) is 14.0 Å². The summed E-state index contributed by atoms with van der Waals surface area (Å²) in [5.74, 6) is 2.92. The third-order valence-electron chi connectivity index (χ3n) is 10.0. The molecule has 0 aliphatic carbocycles. The van der Waals surface area contributed by atoms with Crippen LogP contribution in [-0.2, 0) is 23.8 Å². The molecular formula is C36H43FN4O9S. The van der Waals surface area contributed by atoms with Crippen molar-refractivity contribution in [2.45, 2.75) is 63.8 Å². The Morgan fingerprint density at radius 3 is 1.90 bits per heavy atom. The highest BCUT2D eigenvalue weighted by Gasteiger charge is 2.48. The fourth-order valence-electron chi connectivity index (χ4n) is 7.31. The lowest BCUT2D eigenvalue weighted by Crippen LogP contribution is -2.44. The monoisotopic (exact) mass is 726 g/mol. The van der Waals surface area contributed by atoms with Crippen LogP contribution in [0.2, 0.25) is 0 Å². The van der Waals surface area contributed by atoms with Crippen molar-refractivity contribution >= 4 is 58.3 Å². The molecule has 6 heterocycles. The number of ketones is 2. The number of fused-ring (bicyclic) bond motifs is 6. The summed E-state index contributed by atoms with van der Waals surface area (Å²) in [6, 6.07) is 8.46. The number of amides is 2. The van der Waals surface area contributed by atoms with Crippen LogP contribution in [0.1, 0.15) is 39.5 Å². The molecule has 0 bridgehead atoms. The van der Waals surface area contributed by atoms with Crippen LogP contribution in [0.3, 0.4) is 0 Å². The summed E-state index contributed by atoms with van der Waals surface area (Å²) in [5, 5.41) is 0. The Bertz CT molecular complexity index is 1670. The second-order valence-corrected chi connectivity index (χ2v) is 14.7. The molecule has 2 aromatic carbocycles. The number of ether oxygens (including phenoxy) is 5. The zero-order valence-electron chi connectivity index (χ0n) is 28.8. The van der Waals surface area contributed by atoms with Gasteiger partial charge in [0, 0.05) is 74.4 Å². The molecule has 0 spiro atoms. The van der Waals surface area contributed by atoms with Gasteiger partial charge in [-0.1, -0.05) is 0 Å². The molecule has 274 valence electrons. The van der Waals surface area contributed by atoms with Crippen molar-refractivity contribution in [2.75, 3.05) is 83.7 Å². The zero-order chi connectivity index (χ0) is 35.6. The lowest BCUT2D eigenvalue weighted by atomic mass is 10.0. The zero-order valence-corrected chi connectivity index (χ0v) is 29.7. The van der Waals surface area contributed by atoms with Gasteiger partial charge in [-0.3, -0.25) is 9.80 Å². The number of hydrogen-bond acceptors (Lipinski definition) is 12. The number of Topliss-reactive ketones (excluding diaryl/α,β-unsaturated/α-hetero) is 2. The summed E-state index contributed by atoms with van der Waals surface area (Å²) in [6.45, 7) is 8.44. The fraction of sp³-hybridized carbons (Fsp3) is 0.556. The molecule has 4 atom stereocenters. The SMILES string of the molecule is CC(=O)CC[C@@H]1OC(=O)N2c3cc(F)c(N4CCSCC4)cc3OC[C@@H]12.CC(=O)CC[C@@H]1OC(=O)N2c3ccc(N4CCOCC4)cc3OC[C@@H]12. The van der Waals surface area contributed by atoms with Gasteiger partial charge in [-0.2, -0.15) is 11.8 Å². The third-order valence-corrected chi connectivity index (χ3v) is 11.0. The summed E-state index contributed by atoms with van der Waals surface area (Å²) >= 11 is 1.86. The largest absolute Gasteiger partial charge is 0.489 e. The van der Waals surface area contributed by atoms with E-state index >= 15 is 0 Å². The number of benzene rings is 2. The first-order valence-corrected chi connectivity index (χ1v) is 18.7. The summed E-state index contributed by atoms with van der Waals surface area (Å²) in [5.41, 5.74) is 2.73. The number of thioether (sulfide) groups is 1. The number of carbonyl (C=O) groups excluding carboxylic acids is 4. The molecule has 0 N–H and O–H groups in total. The van der Waals surface area contributed by atoms with Crippen LogP contribution in [0.15, 0.2) is 30.3 Å². The Morgan fingerprint density at radius 1 is 0.745 bits per heavy atom. The molecule has 6 aliphatic rings. The van der Waals surface area contributed by atoms with Gasteiger partial charge in [-0.15, -0.1) is 0 Å². The molecule has 51 heavy (non-hydrogen) atoms. The summed E-state index contributed by atoms with van der Waals surface area (Å²) in [6.07, 6.45) is 0.155. The van der Waals surface area contributed by atoms with E-state index in [1.54, 1.807) is 17.9 Å². The van der Waals surface area contributed by atoms with E-state index in [1.165, 1.54) is 17.9 Å². The molecule has 6 aliphatic heterocycles. The number of cyclic esters (lactones) is 2. The Labute approximate surface area is 300 Å². The fourth-order valence-corrected chi connectivity index (χ4v) is 8.22. The predicted molar refractivity (Wildman–Crippen MR) is 189 cm³/mol. The van der Waals surface area contributed by atoms with Crippen molar-refractivity contribution in [2.24, 2.45) is 0 Å². The minimum Gasteiger partial charge on any atom is -0.489 e. The van der Waals surface area contributed by atoms with Crippen LogP contribution in [0.4, 0.5) is 36.7 Å². The number of anilines is 4. The number of morpholine rings is 1. The van der Waals surface area contributed by atoms with E-state index in [0.29, 0.717) is 55.2 Å². The lowest BCUT2D eigenvalue weighted by Gasteiger charge is -2.34. The molecule has 4 fully saturated rings. The Morgan fingerprint density at radius 2 is 1.31 bits per heavy atom. The van der Waals surface area contributed by atoms with Crippen LogP contribution in [0, 0.1) is 5.82 Å². The van der Waals surface area contributed by atoms with Crippen LogP contribution in [-0.4, -0.2) is 112 Å². The molecule has 2 amide bonds. The van der Waals surface area contributed by atoms with Crippen LogP contribution in [0.5, 0.6) is 11.5 Å². The van der Waals surface area contributed by atoms with Crippen molar-refractivity contribution in [3.05, 3.63) is 36.1 Å². The molecule has 8 rings (SSSR count). The quantitative estimate of drug-likeness (QED) is 0.371. The van der Waals surface area contributed by atoms with Gasteiger partial charge < -0.3 is 43.1 Å². The number of halogens is 1. The molecule has 15 heteroatoms. The van der Waals surface area contributed by atoms with Gasteiger partial charge in [-0.05, 0) is 38.8 Å². The summed E-state index contributed by atoms with van der Waals surface area (Å²) < 4.78 is 42.9. The molecule has 2 aromatic rings. The highest BCUT2D eigenvalue weighted by Crippen LogP contribution is 2.44. The Kier molecular flexibility index (Phi) is 10.5. The molecule has 0 unspecified atom stereocenters. The highest BCUT2D eigenvalue weighted by atomic mass is 32.2. The first kappa shape index (κ1) is 35.2. The van der Waals surface area contributed by atoms with Crippen molar-refractivity contribution in [3.8, 4) is 11.5 Å². The predicted octanol–water partition coefficient (Wildman–Crippen LogP) is 4.81. The highest BCUT2D eigenvalue weighted by molar-refractivity contribution is 7.99.